The van der Waals surface area contributed by atoms with Crippen molar-refractivity contribution >= 4 is 28.7 Å². The highest BCUT2D eigenvalue weighted by Gasteiger charge is 2.28. The fourth-order valence-corrected chi connectivity index (χ4v) is 3.48. The van der Waals surface area contributed by atoms with Crippen molar-refractivity contribution in [3.63, 3.8) is 0 Å². The highest BCUT2D eigenvalue weighted by atomic mass is 32.1. The molecule has 1 aliphatic rings. The van der Waals surface area contributed by atoms with Gasteiger partial charge in [0.25, 0.3) is 11.6 Å². The maximum Gasteiger partial charge on any atom is 0.287 e. The van der Waals surface area contributed by atoms with E-state index < -0.39 is 4.92 Å². The summed E-state index contributed by atoms with van der Waals surface area (Å²) < 4.78 is 0. The third kappa shape index (κ3) is 3.31. The number of aromatic nitrogens is 1. The van der Waals surface area contributed by atoms with E-state index in [0.717, 1.165) is 16.9 Å². The average Bonchev–Trinajstić information content (AvgIpc) is 3.16. The van der Waals surface area contributed by atoms with Crippen molar-refractivity contribution in [3.8, 4) is 0 Å². The summed E-state index contributed by atoms with van der Waals surface area (Å²) in [5, 5.41) is 15.8. The molecular weight excluding hydrogens is 316 g/mol. The smallest absolute Gasteiger partial charge is 0.287 e. The second kappa shape index (κ2) is 6.33. The monoisotopic (exact) mass is 332 g/mol. The molecule has 3 heterocycles. The molecule has 23 heavy (non-hydrogen) atoms. The number of nitrogens with one attached hydrogen (secondary N) is 1. The lowest BCUT2D eigenvalue weighted by atomic mass is 10.2. The summed E-state index contributed by atoms with van der Waals surface area (Å²) in [4.78, 5) is 29.3. The van der Waals surface area contributed by atoms with E-state index in [1.54, 1.807) is 6.07 Å². The molecule has 1 aliphatic heterocycles. The third-order valence-corrected chi connectivity index (χ3v) is 4.85. The van der Waals surface area contributed by atoms with E-state index in [2.05, 4.69) is 10.3 Å². The molecule has 0 aliphatic carbocycles. The molecule has 1 atom stereocenters. The number of amides is 1. The summed E-state index contributed by atoms with van der Waals surface area (Å²) in [7, 11) is 0. The van der Waals surface area contributed by atoms with Crippen LogP contribution in [0, 0.1) is 17.0 Å². The Kier molecular flexibility index (Phi) is 4.24. The fourth-order valence-electron chi connectivity index (χ4n) is 2.59. The van der Waals surface area contributed by atoms with Gasteiger partial charge in [-0.05, 0) is 36.4 Å². The van der Waals surface area contributed by atoms with E-state index in [-0.39, 0.29) is 17.6 Å². The molecule has 0 radical (unpaired) electrons. The summed E-state index contributed by atoms with van der Waals surface area (Å²) in [6, 6.07) is 5.06. The fraction of sp³-hybridized carbons (Fsp3) is 0.333. The molecule has 1 saturated heterocycles. The zero-order chi connectivity index (χ0) is 16.4. The minimum absolute atomic E-state index is 0.0352. The Balaban J connectivity index is 1.60. The number of carbonyl (C=O) groups is 1. The van der Waals surface area contributed by atoms with Crippen LogP contribution >= 0.6 is 11.3 Å². The van der Waals surface area contributed by atoms with Crippen LogP contribution in [0.2, 0.25) is 0 Å². The maximum absolute atomic E-state index is 12.5. The van der Waals surface area contributed by atoms with Gasteiger partial charge in [0.2, 0.25) is 0 Å². The highest BCUT2D eigenvalue weighted by Crippen LogP contribution is 2.22. The number of carbonyl (C=O) groups excluding carboxylic acids is 1. The Hall–Kier alpha value is -2.48. The van der Waals surface area contributed by atoms with E-state index in [9.17, 15) is 14.9 Å². The molecule has 1 N–H and O–H groups in total. The molecule has 7 nitrogen and oxygen atoms in total. The summed E-state index contributed by atoms with van der Waals surface area (Å²) in [5.74, 6) is 0.653. The molecule has 0 saturated carbocycles. The topological polar surface area (TPSA) is 88.4 Å². The number of hydrogen-bond acceptors (Lipinski definition) is 6. The first-order chi connectivity index (χ1) is 11.0. The number of pyridine rings is 1. The van der Waals surface area contributed by atoms with Crippen LogP contribution in [0.5, 0.6) is 0 Å². The van der Waals surface area contributed by atoms with Gasteiger partial charge < -0.3 is 10.2 Å². The van der Waals surface area contributed by atoms with E-state index in [0.29, 0.717) is 18.9 Å². The van der Waals surface area contributed by atoms with Crippen molar-refractivity contribution in [2.75, 3.05) is 18.4 Å². The highest BCUT2D eigenvalue weighted by molar-refractivity contribution is 7.12. The Labute approximate surface area is 137 Å². The molecule has 0 unspecified atom stereocenters. The van der Waals surface area contributed by atoms with Crippen molar-refractivity contribution < 1.29 is 9.72 Å². The first kappa shape index (κ1) is 15.4. The van der Waals surface area contributed by atoms with Crippen LogP contribution in [-0.4, -0.2) is 39.8 Å². The SMILES string of the molecule is Cc1ccsc1C(=O)N1CC[C@@H](Nc2ccc([N+](=O)[O-])cn2)C1. The van der Waals surface area contributed by atoms with Gasteiger partial charge in [-0.25, -0.2) is 4.98 Å². The Morgan fingerprint density at radius 1 is 1.48 bits per heavy atom. The van der Waals surface area contributed by atoms with Gasteiger partial charge in [-0.3, -0.25) is 14.9 Å². The zero-order valence-corrected chi connectivity index (χ0v) is 13.4. The molecule has 120 valence electrons. The first-order valence-electron chi connectivity index (χ1n) is 7.25. The standard InChI is InChI=1S/C15H16N4O3S/c1-10-5-7-23-14(10)15(20)18-6-4-11(9-18)17-13-3-2-12(8-16-13)19(21)22/h2-3,5,7-8,11H,4,6,9H2,1H3,(H,16,17)/t11-/m1/s1. The summed E-state index contributed by atoms with van der Waals surface area (Å²) in [6.45, 7) is 3.24. The van der Waals surface area contributed by atoms with E-state index >= 15 is 0 Å². The molecule has 0 bridgehead atoms. The first-order valence-corrected chi connectivity index (χ1v) is 8.13. The van der Waals surface area contributed by atoms with E-state index in [1.807, 2.05) is 23.3 Å². The van der Waals surface area contributed by atoms with Gasteiger partial charge in [0.15, 0.2) is 0 Å². The number of anilines is 1. The van der Waals surface area contributed by atoms with Crippen molar-refractivity contribution in [1.29, 1.82) is 0 Å². The molecular formula is C15H16N4O3S. The quantitative estimate of drug-likeness (QED) is 0.687. The van der Waals surface area contributed by atoms with Crippen LogP contribution in [-0.2, 0) is 0 Å². The molecule has 0 aromatic carbocycles. The number of rotatable bonds is 4. The van der Waals surface area contributed by atoms with Crippen molar-refractivity contribution in [2.45, 2.75) is 19.4 Å². The molecule has 2 aromatic heterocycles. The largest absolute Gasteiger partial charge is 0.365 e. The predicted octanol–water partition coefficient (Wildman–Crippen LogP) is 2.69. The van der Waals surface area contributed by atoms with E-state index in [4.69, 9.17) is 0 Å². The van der Waals surface area contributed by atoms with Crippen molar-refractivity contribution in [2.24, 2.45) is 0 Å². The van der Waals surface area contributed by atoms with Gasteiger partial charge in [-0.15, -0.1) is 11.3 Å². The lowest BCUT2D eigenvalue weighted by molar-refractivity contribution is -0.385. The minimum Gasteiger partial charge on any atom is -0.365 e. The lowest BCUT2D eigenvalue weighted by Crippen LogP contribution is -2.31. The summed E-state index contributed by atoms with van der Waals surface area (Å²) >= 11 is 1.47. The van der Waals surface area contributed by atoms with Gasteiger partial charge in [0, 0.05) is 25.2 Å². The van der Waals surface area contributed by atoms with Crippen LogP contribution < -0.4 is 5.32 Å². The number of hydrogen-bond donors (Lipinski definition) is 1. The van der Waals surface area contributed by atoms with Crippen molar-refractivity contribution in [3.05, 3.63) is 50.3 Å². The maximum atomic E-state index is 12.5. The number of nitrogens with zero attached hydrogens (tertiary/aromatic N) is 3. The van der Waals surface area contributed by atoms with Crippen LogP contribution in [0.4, 0.5) is 11.5 Å². The van der Waals surface area contributed by atoms with Crippen molar-refractivity contribution in [1.82, 2.24) is 9.88 Å². The Morgan fingerprint density at radius 3 is 2.91 bits per heavy atom. The molecule has 2 aromatic rings. The van der Waals surface area contributed by atoms with Crippen LogP contribution in [0.25, 0.3) is 0 Å². The van der Waals surface area contributed by atoms with Gasteiger partial charge in [-0.1, -0.05) is 0 Å². The normalized spacial score (nSPS) is 17.3. The Morgan fingerprint density at radius 2 is 2.30 bits per heavy atom. The molecule has 3 rings (SSSR count). The zero-order valence-electron chi connectivity index (χ0n) is 12.6. The van der Waals surface area contributed by atoms with Gasteiger partial charge in [-0.2, -0.15) is 0 Å². The second-order valence-corrected chi connectivity index (χ2v) is 6.39. The summed E-state index contributed by atoms with van der Waals surface area (Å²) in [6.07, 6.45) is 2.06. The summed E-state index contributed by atoms with van der Waals surface area (Å²) in [5.41, 5.74) is 0.973. The Bertz CT molecular complexity index is 729. The number of thiophene rings is 1. The third-order valence-electron chi connectivity index (χ3n) is 3.84. The van der Waals surface area contributed by atoms with Crippen LogP contribution in [0.15, 0.2) is 29.8 Å². The number of likely N-dealkylation sites (tertiary alicyclic amines) is 1. The second-order valence-electron chi connectivity index (χ2n) is 5.47. The molecule has 1 fully saturated rings. The van der Waals surface area contributed by atoms with Gasteiger partial charge >= 0.3 is 0 Å². The minimum atomic E-state index is -0.476. The van der Waals surface area contributed by atoms with Crippen LogP contribution in [0.3, 0.4) is 0 Å². The number of nitro groups is 1. The lowest BCUT2D eigenvalue weighted by Gasteiger charge is -2.17. The van der Waals surface area contributed by atoms with Gasteiger partial charge in [0.05, 0.1) is 9.80 Å². The van der Waals surface area contributed by atoms with Gasteiger partial charge in [0.1, 0.15) is 12.0 Å². The van der Waals surface area contributed by atoms with Crippen LogP contribution in [0.1, 0.15) is 21.7 Å². The number of aryl methyl sites for hydroxylation is 1. The average molecular weight is 332 g/mol. The molecule has 8 heteroatoms. The van der Waals surface area contributed by atoms with E-state index in [1.165, 1.54) is 23.6 Å². The molecule has 1 amide bonds. The predicted molar refractivity (Wildman–Crippen MR) is 87.9 cm³/mol. The molecule has 0 spiro atoms.